The molecule has 2 fully saturated rings. The second-order valence-electron chi connectivity index (χ2n) is 5.72. The Morgan fingerprint density at radius 1 is 1.28 bits per heavy atom. The molecule has 0 unspecified atom stereocenters. The molecule has 2 heterocycles. The average molecular weight is 264 g/mol. The predicted octanol–water partition coefficient (Wildman–Crippen LogP) is 3.20. The highest BCUT2D eigenvalue weighted by molar-refractivity contribution is 7.13. The van der Waals surface area contributed by atoms with Gasteiger partial charge in [-0.3, -0.25) is 4.79 Å². The monoisotopic (exact) mass is 264 g/mol. The lowest BCUT2D eigenvalue weighted by molar-refractivity contribution is 0.0701. The van der Waals surface area contributed by atoms with Crippen molar-refractivity contribution < 1.29 is 4.79 Å². The van der Waals surface area contributed by atoms with E-state index in [1.54, 1.807) is 11.3 Å². The lowest BCUT2D eigenvalue weighted by atomic mass is 9.99. The Bertz CT molecular complexity index is 456. The molecule has 1 aromatic rings. The molecule has 1 amide bonds. The number of amides is 1. The molecule has 0 N–H and O–H groups in total. The van der Waals surface area contributed by atoms with E-state index < -0.39 is 0 Å². The average Bonchev–Trinajstić information content (AvgIpc) is 3.13. The minimum atomic E-state index is 0.212. The van der Waals surface area contributed by atoms with E-state index in [-0.39, 0.29) is 5.91 Å². The van der Waals surface area contributed by atoms with Gasteiger partial charge < -0.3 is 4.90 Å². The molecule has 1 saturated carbocycles. The molecule has 18 heavy (non-hydrogen) atoms. The molecule has 2 aliphatic rings. The van der Waals surface area contributed by atoms with Gasteiger partial charge in [-0.25, -0.2) is 4.98 Å². The Hall–Kier alpha value is -0.900. The molecule has 98 valence electrons. The molecule has 3 rings (SSSR count). The van der Waals surface area contributed by atoms with Crippen LogP contribution in [0, 0.1) is 12.8 Å². The highest BCUT2D eigenvalue weighted by atomic mass is 32.1. The first kappa shape index (κ1) is 12.2. The number of nitrogens with zero attached hydrogens (tertiary/aromatic N) is 2. The van der Waals surface area contributed by atoms with E-state index in [4.69, 9.17) is 0 Å². The van der Waals surface area contributed by atoms with Gasteiger partial charge in [-0.1, -0.05) is 6.92 Å². The van der Waals surface area contributed by atoms with Crippen LogP contribution in [0.1, 0.15) is 58.9 Å². The topological polar surface area (TPSA) is 33.2 Å². The lowest BCUT2D eigenvalue weighted by Gasteiger charge is -2.30. The number of aromatic nitrogens is 1. The molecule has 1 aromatic heterocycles. The maximum atomic E-state index is 12.5. The number of likely N-dealkylation sites (tertiary alicyclic amines) is 1. The van der Waals surface area contributed by atoms with Gasteiger partial charge in [-0.2, -0.15) is 0 Å². The first-order valence-corrected chi connectivity index (χ1v) is 7.73. The number of hydrogen-bond donors (Lipinski definition) is 0. The van der Waals surface area contributed by atoms with Crippen LogP contribution in [0.5, 0.6) is 0 Å². The zero-order chi connectivity index (χ0) is 12.7. The van der Waals surface area contributed by atoms with Crippen molar-refractivity contribution in [2.45, 2.75) is 45.4 Å². The summed E-state index contributed by atoms with van der Waals surface area (Å²) in [7, 11) is 0. The van der Waals surface area contributed by atoms with Gasteiger partial charge >= 0.3 is 0 Å². The van der Waals surface area contributed by atoms with E-state index in [0.29, 0.717) is 5.92 Å². The summed E-state index contributed by atoms with van der Waals surface area (Å²) >= 11 is 1.63. The van der Waals surface area contributed by atoms with Gasteiger partial charge in [-0.05, 0) is 38.5 Å². The highest BCUT2D eigenvalue weighted by Crippen LogP contribution is 2.42. The quantitative estimate of drug-likeness (QED) is 0.822. The lowest BCUT2D eigenvalue weighted by Crippen LogP contribution is -2.37. The third-order valence-corrected chi connectivity index (χ3v) is 5.31. The van der Waals surface area contributed by atoms with E-state index >= 15 is 0 Å². The summed E-state index contributed by atoms with van der Waals surface area (Å²) in [6, 6.07) is 0. The third kappa shape index (κ3) is 2.30. The summed E-state index contributed by atoms with van der Waals surface area (Å²) in [5.74, 6) is 1.62. The molecule has 0 aromatic carbocycles. The van der Waals surface area contributed by atoms with Crippen LogP contribution < -0.4 is 0 Å². The summed E-state index contributed by atoms with van der Waals surface area (Å²) in [6.07, 6.45) is 4.78. The van der Waals surface area contributed by atoms with Crippen LogP contribution in [-0.4, -0.2) is 28.9 Å². The van der Waals surface area contributed by atoms with Gasteiger partial charge in [-0.15, -0.1) is 11.3 Å². The molecule has 1 saturated heterocycles. The van der Waals surface area contributed by atoms with Gasteiger partial charge in [0.1, 0.15) is 4.88 Å². The fourth-order valence-corrected chi connectivity index (χ4v) is 3.68. The smallest absolute Gasteiger partial charge is 0.265 e. The standard InChI is InChI=1S/C14H20N2OS/c1-9-5-7-16(8-6-9)14(17)12-10(2)15-13(18-12)11-3-4-11/h9,11H,3-8H2,1-2H3. The van der Waals surface area contributed by atoms with Crippen molar-refractivity contribution in [3.8, 4) is 0 Å². The zero-order valence-electron chi connectivity index (χ0n) is 11.1. The Morgan fingerprint density at radius 3 is 2.56 bits per heavy atom. The number of rotatable bonds is 2. The Morgan fingerprint density at radius 2 is 1.94 bits per heavy atom. The highest BCUT2D eigenvalue weighted by Gasteiger charge is 2.30. The number of hydrogen-bond acceptors (Lipinski definition) is 3. The second kappa shape index (κ2) is 4.65. The van der Waals surface area contributed by atoms with E-state index in [1.807, 2.05) is 11.8 Å². The van der Waals surface area contributed by atoms with Gasteiger partial charge in [0, 0.05) is 19.0 Å². The van der Waals surface area contributed by atoms with Crippen molar-refractivity contribution in [2.24, 2.45) is 5.92 Å². The summed E-state index contributed by atoms with van der Waals surface area (Å²) in [4.78, 5) is 19.9. The van der Waals surface area contributed by atoms with E-state index in [0.717, 1.165) is 42.4 Å². The second-order valence-corrected chi connectivity index (χ2v) is 6.75. The summed E-state index contributed by atoms with van der Waals surface area (Å²) in [5, 5.41) is 1.18. The molecule has 1 aliphatic heterocycles. The van der Waals surface area contributed by atoms with Gasteiger partial charge in [0.2, 0.25) is 0 Å². The SMILES string of the molecule is Cc1nc(C2CC2)sc1C(=O)N1CCC(C)CC1. The van der Waals surface area contributed by atoms with Crippen LogP contribution in [0.2, 0.25) is 0 Å². The van der Waals surface area contributed by atoms with Crippen molar-refractivity contribution in [1.29, 1.82) is 0 Å². The molecule has 3 nitrogen and oxygen atoms in total. The first-order valence-electron chi connectivity index (χ1n) is 6.91. The van der Waals surface area contributed by atoms with E-state index in [2.05, 4.69) is 11.9 Å². The molecule has 0 atom stereocenters. The third-order valence-electron chi connectivity index (χ3n) is 4.00. The van der Waals surface area contributed by atoms with Gasteiger partial charge in [0.15, 0.2) is 0 Å². The minimum absolute atomic E-state index is 0.212. The van der Waals surface area contributed by atoms with Crippen molar-refractivity contribution in [1.82, 2.24) is 9.88 Å². The predicted molar refractivity (Wildman–Crippen MR) is 73.1 cm³/mol. The maximum absolute atomic E-state index is 12.5. The number of carbonyl (C=O) groups excluding carboxylic acids is 1. The van der Waals surface area contributed by atoms with Crippen molar-refractivity contribution in [3.05, 3.63) is 15.6 Å². The normalized spacial score (nSPS) is 21.3. The fourth-order valence-electron chi connectivity index (χ4n) is 2.48. The van der Waals surface area contributed by atoms with Crippen LogP contribution in [0.4, 0.5) is 0 Å². The first-order chi connectivity index (χ1) is 8.65. The van der Waals surface area contributed by atoms with Crippen molar-refractivity contribution in [3.63, 3.8) is 0 Å². The van der Waals surface area contributed by atoms with Gasteiger partial charge in [0.25, 0.3) is 5.91 Å². The molecule has 4 heteroatoms. The largest absolute Gasteiger partial charge is 0.338 e. The van der Waals surface area contributed by atoms with Crippen LogP contribution in [0.3, 0.4) is 0 Å². The van der Waals surface area contributed by atoms with Gasteiger partial charge in [0.05, 0.1) is 10.7 Å². The Kier molecular flexibility index (Phi) is 3.14. The molecular formula is C14H20N2OS. The molecule has 0 bridgehead atoms. The molecule has 1 aliphatic carbocycles. The fraction of sp³-hybridized carbons (Fsp3) is 0.714. The van der Waals surface area contributed by atoms with E-state index in [9.17, 15) is 4.79 Å². The number of thiazole rings is 1. The summed E-state index contributed by atoms with van der Waals surface area (Å²) in [5.41, 5.74) is 0.936. The van der Waals surface area contributed by atoms with Crippen LogP contribution in [0.25, 0.3) is 0 Å². The van der Waals surface area contributed by atoms with Crippen LogP contribution >= 0.6 is 11.3 Å². The zero-order valence-corrected chi connectivity index (χ0v) is 11.9. The summed E-state index contributed by atoms with van der Waals surface area (Å²) < 4.78 is 0. The summed E-state index contributed by atoms with van der Waals surface area (Å²) in [6.45, 7) is 6.07. The molecule has 0 radical (unpaired) electrons. The number of carbonyl (C=O) groups is 1. The van der Waals surface area contributed by atoms with E-state index in [1.165, 1.54) is 17.8 Å². The Labute approximate surface area is 112 Å². The van der Waals surface area contributed by atoms with Crippen LogP contribution in [-0.2, 0) is 0 Å². The Balaban J connectivity index is 1.75. The van der Waals surface area contributed by atoms with Crippen molar-refractivity contribution in [2.75, 3.05) is 13.1 Å². The molecule has 0 spiro atoms. The van der Waals surface area contributed by atoms with Crippen LogP contribution in [0.15, 0.2) is 0 Å². The maximum Gasteiger partial charge on any atom is 0.265 e. The number of aryl methyl sites for hydroxylation is 1. The molecular weight excluding hydrogens is 244 g/mol. The number of piperidine rings is 1. The van der Waals surface area contributed by atoms with Crippen molar-refractivity contribution >= 4 is 17.2 Å². The minimum Gasteiger partial charge on any atom is -0.338 e.